The Labute approximate surface area is 115 Å². The molecule has 2 aromatic carbocycles. The fourth-order valence-corrected chi connectivity index (χ4v) is 2.08. The van der Waals surface area contributed by atoms with Gasteiger partial charge in [-0.1, -0.05) is 12.1 Å². The summed E-state index contributed by atoms with van der Waals surface area (Å²) in [6.45, 7) is 0. The van der Waals surface area contributed by atoms with Crippen LogP contribution in [0.4, 0.5) is 10.1 Å². The molecule has 0 aliphatic carbocycles. The zero-order valence-corrected chi connectivity index (χ0v) is 10.7. The minimum Gasteiger partial charge on any atom is -0.465 e. The number of nitrogens with one attached hydrogen (secondary N) is 1. The SMILES string of the molecule is COC(=O)c1ccc2c(c1)NC(c1ccc(F)cc1)O2. The Kier molecular flexibility index (Phi) is 3.02. The minimum atomic E-state index is -0.403. The summed E-state index contributed by atoms with van der Waals surface area (Å²) in [5.41, 5.74) is 1.96. The third-order valence-electron chi connectivity index (χ3n) is 3.10. The molecule has 0 saturated heterocycles. The highest BCUT2D eigenvalue weighted by atomic mass is 19.1. The molecule has 4 nitrogen and oxygen atoms in total. The average molecular weight is 273 g/mol. The number of anilines is 1. The van der Waals surface area contributed by atoms with E-state index in [1.165, 1.54) is 19.2 Å². The van der Waals surface area contributed by atoms with Crippen LogP contribution in [0, 0.1) is 5.82 Å². The maximum absolute atomic E-state index is 12.9. The summed E-state index contributed by atoms with van der Waals surface area (Å²) < 4.78 is 23.3. The van der Waals surface area contributed by atoms with E-state index in [4.69, 9.17) is 4.74 Å². The van der Waals surface area contributed by atoms with Crippen LogP contribution < -0.4 is 10.1 Å². The van der Waals surface area contributed by atoms with Crippen LogP contribution in [-0.4, -0.2) is 13.1 Å². The number of carbonyl (C=O) groups is 1. The van der Waals surface area contributed by atoms with E-state index >= 15 is 0 Å². The molecule has 1 unspecified atom stereocenters. The molecule has 0 spiro atoms. The number of halogens is 1. The topological polar surface area (TPSA) is 47.6 Å². The van der Waals surface area contributed by atoms with Crippen molar-refractivity contribution in [1.29, 1.82) is 0 Å². The van der Waals surface area contributed by atoms with Crippen molar-refractivity contribution < 1.29 is 18.7 Å². The zero-order chi connectivity index (χ0) is 14.1. The van der Waals surface area contributed by atoms with Crippen molar-refractivity contribution in [2.24, 2.45) is 0 Å². The maximum Gasteiger partial charge on any atom is 0.337 e. The van der Waals surface area contributed by atoms with E-state index in [1.807, 2.05) is 0 Å². The van der Waals surface area contributed by atoms with E-state index in [2.05, 4.69) is 10.1 Å². The number of esters is 1. The van der Waals surface area contributed by atoms with E-state index < -0.39 is 12.2 Å². The number of rotatable bonds is 2. The first kappa shape index (κ1) is 12.5. The molecular weight excluding hydrogens is 261 g/mol. The van der Waals surface area contributed by atoms with Gasteiger partial charge in [-0.15, -0.1) is 0 Å². The second-order valence-corrected chi connectivity index (χ2v) is 4.40. The van der Waals surface area contributed by atoms with Crippen LogP contribution in [0.2, 0.25) is 0 Å². The Morgan fingerprint density at radius 1 is 1.25 bits per heavy atom. The molecule has 1 heterocycles. The molecule has 0 aromatic heterocycles. The predicted octanol–water partition coefficient (Wildman–Crippen LogP) is 3.12. The standard InChI is InChI=1S/C15H12FNO3/c1-19-15(18)10-4-7-13-12(8-10)17-14(20-13)9-2-5-11(16)6-3-9/h2-8,14,17H,1H3. The number of hydrogen-bond donors (Lipinski definition) is 1. The van der Waals surface area contributed by atoms with Gasteiger partial charge >= 0.3 is 5.97 Å². The molecule has 1 atom stereocenters. The normalized spacial score (nSPS) is 16.0. The van der Waals surface area contributed by atoms with Gasteiger partial charge in [-0.05, 0) is 30.3 Å². The molecule has 0 fully saturated rings. The van der Waals surface area contributed by atoms with Gasteiger partial charge in [-0.2, -0.15) is 0 Å². The Morgan fingerprint density at radius 2 is 2.00 bits per heavy atom. The van der Waals surface area contributed by atoms with Gasteiger partial charge in [0.2, 0.25) is 0 Å². The van der Waals surface area contributed by atoms with Gasteiger partial charge < -0.3 is 14.8 Å². The summed E-state index contributed by atoms with van der Waals surface area (Å²) in [6.07, 6.45) is -0.390. The number of fused-ring (bicyclic) bond motifs is 1. The summed E-state index contributed by atoms with van der Waals surface area (Å²) in [6, 6.07) is 11.1. The van der Waals surface area contributed by atoms with Crippen LogP contribution in [0.1, 0.15) is 22.1 Å². The number of carbonyl (C=O) groups excluding carboxylic acids is 1. The number of hydrogen-bond acceptors (Lipinski definition) is 4. The van der Waals surface area contributed by atoms with E-state index in [0.29, 0.717) is 17.0 Å². The highest BCUT2D eigenvalue weighted by molar-refractivity contribution is 5.91. The number of benzene rings is 2. The smallest absolute Gasteiger partial charge is 0.337 e. The molecular formula is C15H12FNO3. The first-order valence-corrected chi connectivity index (χ1v) is 6.08. The Bertz CT molecular complexity index is 655. The van der Waals surface area contributed by atoms with Crippen molar-refractivity contribution in [3.8, 4) is 5.75 Å². The van der Waals surface area contributed by atoms with Crippen molar-refractivity contribution in [1.82, 2.24) is 0 Å². The maximum atomic E-state index is 12.9. The first-order valence-electron chi connectivity index (χ1n) is 6.08. The summed E-state index contributed by atoms with van der Waals surface area (Å²) >= 11 is 0. The van der Waals surface area contributed by atoms with Gasteiger partial charge in [-0.3, -0.25) is 0 Å². The first-order chi connectivity index (χ1) is 9.67. The number of methoxy groups -OCH3 is 1. The van der Waals surface area contributed by atoms with E-state index in [9.17, 15) is 9.18 Å². The molecule has 0 amide bonds. The molecule has 102 valence electrons. The van der Waals surface area contributed by atoms with Crippen molar-refractivity contribution in [2.45, 2.75) is 6.23 Å². The number of ether oxygens (including phenoxy) is 2. The average Bonchev–Trinajstić information content (AvgIpc) is 2.90. The fraction of sp³-hybridized carbons (Fsp3) is 0.133. The highest BCUT2D eigenvalue weighted by Crippen LogP contribution is 2.38. The van der Waals surface area contributed by atoms with E-state index in [1.54, 1.807) is 30.3 Å². The van der Waals surface area contributed by atoms with Gasteiger partial charge in [0.05, 0.1) is 18.4 Å². The van der Waals surface area contributed by atoms with E-state index in [0.717, 1.165) is 5.56 Å². The molecule has 1 N–H and O–H groups in total. The molecule has 20 heavy (non-hydrogen) atoms. The van der Waals surface area contributed by atoms with Crippen molar-refractivity contribution in [3.05, 3.63) is 59.4 Å². The molecule has 2 aromatic rings. The van der Waals surface area contributed by atoms with Crippen LogP contribution in [0.25, 0.3) is 0 Å². The van der Waals surface area contributed by atoms with Crippen LogP contribution in [-0.2, 0) is 4.74 Å². The van der Waals surface area contributed by atoms with Crippen LogP contribution in [0.5, 0.6) is 5.75 Å². The lowest BCUT2D eigenvalue weighted by molar-refractivity contribution is 0.0601. The Morgan fingerprint density at radius 3 is 2.70 bits per heavy atom. The molecule has 5 heteroatoms. The van der Waals surface area contributed by atoms with Gasteiger partial charge in [0.1, 0.15) is 11.6 Å². The van der Waals surface area contributed by atoms with E-state index in [-0.39, 0.29) is 5.82 Å². The summed E-state index contributed by atoms with van der Waals surface area (Å²) in [5, 5.41) is 3.14. The van der Waals surface area contributed by atoms with Gasteiger partial charge in [0.25, 0.3) is 0 Å². The molecule has 0 saturated carbocycles. The quantitative estimate of drug-likeness (QED) is 0.854. The summed E-state index contributed by atoms with van der Waals surface area (Å²) in [4.78, 5) is 11.5. The summed E-state index contributed by atoms with van der Waals surface area (Å²) in [7, 11) is 1.33. The molecule has 0 bridgehead atoms. The lowest BCUT2D eigenvalue weighted by atomic mass is 10.2. The molecule has 1 aliphatic heterocycles. The Hall–Kier alpha value is -2.56. The highest BCUT2D eigenvalue weighted by Gasteiger charge is 2.24. The third-order valence-corrected chi connectivity index (χ3v) is 3.10. The molecule has 3 rings (SSSR count). The van der Waals surface area contributed by atoms with Crippen LogP contribution >= 0.6 is 0 Å². The zero-order valence-electron chi connectivity index (χ0n) is 10.7. The Balaban J connectivity index is 1.85. The second-order valence-electron chi connectivity index (χ2n) is 4.40. The molecule has 1 aliphatic rings. The predicted molar refractivity (Wildman–Crippen MR) is 71.2 cm³/mol. The van der Waals surface area contributed by atoms with Crippen molar-refractivity contribution >= 4 is 11.7 Å². The molecule has 0 radical (unpaired) electrons. The summed E-state index contributed by atoms with van der Waals surface area (Å²) in [5.74, 6) is -0.0518. The van der Waals surface area contributed by atoms with Crippen LogP contribution in [0.3, 0.4) is 0 Å². The van der Waals surface area contributed by atoms with Crippen molar-refractivity contribution in [3.63, 3.8) is 0 Å². The minimum absolute atomic E-state index is 0.294. The second kappa shape index (κ2) is 4.85. The third kappa shape index (κ3) is 2.18. The van der Waals surface area contributed by atoms with Crippen molar-refractivity contribution in [2.75, 3.05) is 12.4 Å². The van der Waals surface area contributed by atoms with Gasteiger partial charge in [0, 0.05) is 5.56 Å². The largest absolute Gasteiger partial charge is 0.465 e. The van der Waals surface area contributed by atoms with Crippen LogP contribution in [0.15, 0.2) is 42.5 Å². The fourth-order valence-electron chi connectivity index (χ4n) is 2.08. The lowest BCUT2D eigenvalue weighted by Crippen LogP contribution is -2.10. The monoisotopic (exact) mass is 273 g/mol. The van der Waals surface area contributed by atoms with Gasteiger partial charge in [-0.25, -0.2) is 9.18 Å². The van der Waals surface area contributed by atoms with Gasteiger partial charge in [0.15, 0.2) is 6.23 Å². The lowest BCUT2D eigenvalue weighted by Gasteiger charge is -2.11.